The molecule has 0 spiro atoms. The van der Waals surface area contributed by atoms with E-state index < -0.39 is 22.6 Å². The molecule has 0 radical (unpaired) electrons. The van der Waals surface area contributed by atoms with Crippen molar-refractivity contribution in [2.75, 3.05) is 0 Å². The van der Waals surface area contributed by atoms with Crippen molar-refractivity contribution in [3.63, 3.8) is 0 Å². The van der Waals surface area contributed by atoms with Gasteiger partial charge in [0.2, 0.25) is 0 Å². The van der Waals surface area contributed by atoms with Crippen molar-refractivity contribution in [1.82, 2.24) is 0 Å². The molecule has 0 N–H and O–H groups in total. The van der Waals surface area contributed by atoms with E-state index in [0.717, 1.165) is 0 Å². The first kappa shape index (κ1) is 14.7. The third-order valence-electron chi connectivity index (χ3n) is 3.06. The van der Waals surface area contributed by atoms with E-state index in [0.29, 0.717) is 17.1 Å². The van der Waals surface area contributed by atoms with E-state index in [1.54, 1.807) is 27.7 Å². The fraction of sp³-hybridized carbons (Fsp3) is 0.286. The smallest absolute Gasteiger partial charge is 0.353 e. The van der Waals surface area contributed by atoms with Gasteiger partial charge in [-0.15, -0.1) is 0 Å². The Bertz CT molecular complexity index is 731. The van der Waals surface area contributed by atoms with Gasteiger partial charge in [-0.25, -0.2) is 9.59 Å². The minimum absolute atomic E-state index is 0.0649. The van der Waals surface area contributed by atoms with Gasteiger partial charge >= 0.3 is 11.9 Å². The van der Waals surface area contributed by atoms with Crippen LogP contribution in [0.5, 0.6) is 0 Å². The number of rotatable bonds is 2. The number of esters is 2. The topological polar surface area (TPSA) is 99.7 Å². The predicted molar refractivity (Wildman–Crippen MR) is 71.6 cm³/mol. The number of nitro groups is 1. The molecule has 7 nitrogen and oxygen atoms in total. The Hall–Kier alpha value is -2.70. The van der Waals surface area contributed by atoms with Crippen LogP contribution in [0.15, 0.2) is 27.2 Å². The van der Waals surface area contributed by atoms with Crippen LogP contribution in [-0.2, 0) is 14.3 Å². The van der Waals surface area contributed by atoms with Gasteiger partial charge in [-0.2, -0.15) is 0 Å². The molecule has 1 aromatic rings. The Morgan fingerprint density at radius 3 is 2.14 bits per heavy atom. The highest BCUT2D eigenvalue weighted by Crippen LogP contribution is 2.34. The second kappa shape index (κ2) is 5.01. The van der Waals surface area contributed by atoms with Crippen LogP contribution in [0.1, 0.15) is 30.9 Å². The van der Waals surface area contributed by atoms with E-state index in [-0.39, 0.29) is 16.7 Å². The van der Waals surface area contributed by atoms with Crippen molar-refractivity contribution in [3.05, 3.63) is 50.0 Å². The molecule has 0 amide bonds. The predicted octanol–water partition coefficient (Wildman–Crippen LogP) is 2.30. The highest BCUT2D eigenvalue weighted by Gasteiger charge is 2.42. The van der Waals surface area contributed by atoms with Gasteiger partial charge in [-0.05, 0) is 33.8 Å². The van der Waals surface area contributed by atoms with E-state index in [1.165, 1.54) is 6.07 Å². The maximum absolute atomic E-state index is 11.9. The number of aryl methyl sites for hydroxylation is 2. The molecule has 0 saturated carbocycles. The van der Waals surface area contributed by atoms with Crippen LogP contribution in [0.2, 0.25) is 0 Å². The molecular formula is C14H13NO6. The number of nitrogens with zero attached hydrogens (tertiary/aromatic N) is 1. The van der Waals surface area contributed by atoms with Crippen molar-refractivity contribution >= 4 is 17.6 Å². The Kier molecular flexibility index (Phi) is 3.51. The average molecular weight is 291 g/mol. The third kappa shape index (κ3) is 2.37. The number of furan rings is 1. The Labute approximate surface area is 120 Å². The van der Waals surface area contributed by atoms with E-state index in [4.69, 9.17) is 4.42 Å². The SMILES string of the molecule is CC(C)=C1C(=O)OC(=O)/C1=C(\c1cc(C)oc1C)[N+](=O)[O-]. The molecule has 0 aliphatic carbocycles. The molecule has 110 valence electrons. The third-order valence-corrected chi connectivity index (χ3v) is 3.06. The number of hydrogen-bond donors (Lipinski definition) is 0. The van der Waals surface area contributed by atoms with E-state index in [9.17, 15) is 19.7 Å². The van der Waals surface area contributed by atoms with Gasteiger partial charge < -0.3 is 9.15 Å². The van der Waals surface area contributed by atoms with Gasteiger partial charge in [-0.3, -0.25) is 10.1 Å². The summed E-state index contributed by atoms with van der Waals surface area (Å²) in [6, 6.07) is 1.46. The molecule has 0 aromatic carbocycles. The van der Waals surface area contributed by atoms with Crippen molar-refractivity contribution in [1.29, 1.82) is 0 Å². The van der Waals surface area contributed by atoms with E-state index in [1.807, 2.05) is 0 Å². The number of cyclic esters (lactones) is 2. The fourth-order valence-electron chi connectivity index (χ4n) is 2.25. The normalized spacial score (nSPS) is 17.0. The highest BCUT2D eigenvalue weighted by molar-refractivity contribution is 6.21. The summed E-state index contributed by atoms with van der Waals surface area (Å²) in [5, 5.41) is 11.4. The minimum atomic E-state index is -1.01. The zero-order valence-electron chi connectivity index (χ0n) is 12.0. The largest absolute Gasteiger partial charge is 0.466 e. The highest BCUT2D eigenvalue weighted by atomic mass is 16.6. The first-order valence-electron chi connectivity index (χ1n) is 6.14. The lowest BCUT2D eigenvalue weighted by Gasteiger charge is -2.01. The lowest BCUT2D eigenvalue weighted by Crippen LogP contribution is -2.08. The quantitative estimate of drug-likeness (QED) is 0.272. The van der Waals surface area contributed by atoms with Crippen molar-refractivity contribution in [2.45, 2.75) is 27.7 Å². The van der Waals surface area contributed by atoms with Gasteiger partial charge in [0, 0.05) is 0 Å². The monoisotopic (exact) mass is 291 g/mol. The summed E-state index contributed by atoms with van der Waals surface area (Å²) >= 11 is 0. The molecule has 2 heterocycles. The molecule has 7 heteroatoms. The molecule has 0 unspecified atom stereocenters. The number of hydrogen-bond acceptors (Lipinski definition) is 6. The second-order valence-corrected chi connectivity index (χ2v) is 4.86. The lowest BCUT2D eigenvalue weighted by atomic mass is 9.98. The van der Waals surface area contributed by atoms with Gasteiger partial charge in [0.15, 0.2) is 5.57 Å². The van der Waals surface area contributed by atoms with Crippen LogP contribution >= 0.6 is 0 Å². The standard InChI is InChI=1S/C14H13NO6/c1-6(2)10-11(14(17)21-13(10)16)12(15(18)19)9-5-7(3)20-8(9)4/h5H,1-4H3/b12-11+. The molecule has 1 aliphatic rings. The summed E-state index contributed by atoms with van der Waals surface area (Å²) in [7, 11) is 0. The summed E-state index contributed by atoms with van der Waals surface area (Å²) in [6.07, 6.45) is 0. The summed E-state index contributed by atoms with van der Waals surface area (Å²) < 4.78 is 9.79. The molecule has 1 saturated heterocycles. The Morgan fingerprint density at radius 1 is 1.14 bits per heavy atom. The van der Waals surface area contributed by atoms with Crippen LogP contribution in [-0.4, -0.2) is 16.9 Å². The molecule has 0 atom stereocenters. The summed E-state index contributed by atoms with van der Waals surface area (Å²) in [4.78, 5) is 34.3. The van der Waals surface area contributed by atoms with Crippen molar-refractivity contribution < 1.29 is 23.7 Å². The van der Waals surface area contributed by atoms with Gasteiger partial charge in [0.25, 0.3) is 5.70 Å². The number of ether oxygens (including phenoxy) is 1. The van der Waals surface area contributed by atoms with Gasteiger partial charge in [-0.1, -0.05) is 5.57 Å². The van der Waals surface area contributed by atoms with Crippen molar-refractivity contribution in [3.8, 4) is 0 Å². The van der Waals surface area contributed by atoms with Gasteiger partial charge in [0.05, 0.1) is 16.1 Å². The van der Waals surface area contributed by atoms with Crippen LogP contribution < -0.4 is 0 Å². The molecule has 0 bridgehead atoms. The number of carbonyl (C=O) groups excluding carboxylic acids is 2. The van der Waals surface area contributed by atoms with E-state index in [2.05, 4.69) is 4.74 Å². The molecule has 1 fully saturated rings. The Morgan fingerprint density at radius 2 is 1.71 bits per heavy atom. The maximum Gasteiger partial charge on any atom is 0.353 e. The number of allylic oxidation sites excluding steroid dienone is 1. The average Bonchev–Trinajstić information content (AvgIpc) is 2.80. The van der Waals surface area contributed by atoms with Gasteiger partial charge in [0.1, 0.15) is 11.5 Å². The van der Waals surface area contributed by atoms with Crippen LogP contribution in [0.4, 0.5) is 0 Å². The summed E-state index contributed by atoms with van der Waals surface area (Å²) in [5.74, 6) is -1.11. The van der Waals surface area contributed by atoms with Crippen LogP contribution in [0, 0.1) is 24.0 Å². The Balaban J connectivity index is 2.85. The molecule has 1 aromatic heterocycles. The minimum Gasteiger partial charge on any atom is -0.466 e. The van der Waals surface area contributed by atoms with Crippen LogP contribution in [0.25, 0.3) is 5.70 Å². The molecule has 21 heavy (non-hydrogen) atoms. The molecule has 1 aliphatic heterocycles. The lowest BCUT2D eigenvalue weighted by molar-refractivity contribution is -0.376. The van der Waals surface area contributed by atoms with Crippen molar-refractivity contribution in [2.24, 2.45) is 0 Å². The first-order chi connectivity index (χ1) is 9.73. The van der Waals surface area contributed by atoms with E-state index >= 15 is 0 Å². The fourth-order valence-corrected chi connectivity index (χ4v) is 2.25. The maximum atomic E-state index is 11.9. The first-order valence-corrected chi connectivity index (χ1v) is 6.14. The zero-order valence-corrected chi connectivity index (χ0v) is 12.0. The van der Waals surface area contributed by atoms with Crippen LogP contribution in [0.3, 0.4) is 0 Å². The second-order valence-electron chi connectivity index (χ2n) is 4.86. The summed E-state index contributed by atoms with van der Waals surface area (Å²) in [6.45, 7) is 6.36. The zero-order chi connectivity index (χ0) is 15.9. The number of carbonyl (C=O) groups is 2. The molecular weight excluding hydrogens is 278 g/mol. The molecule has 2 rings (SSSR count). The summed E-state index contributed by atoms with van der Waals surface area (Å²) in [5.41, 5.74) is -0.230.